The molecule has 0 saturated carbocycles. The fourth-order valence-corrected chi connectivity index (χ4v) is 4.65. The van der Waals surface area contributed by atoms with Crippen LogP contribution in [0, 0.1) is 11.3 Å². The van der Waals surface area contributed by atoms with Gasteiger partial charge in [-0.1, -0.05) is 27.7 Å². The highest BCUT2D eigenvalue weighted by atomic mass is 31.2. The number of nitrogens with one attached hydrogen (secondary N) is 2. The lowest BCUT2D eigenvalue weighted by Gasteiger charge is -2.41. The van der Waals surface area contributed by atoms with Crippen LogP contribution in [0.1, 0.15) is 54.9 Å². The van der Waals surface area contributed by atoms with Gasteiger partial charge in [0, 0.05) is 12.0 Å². The van der Waals surface area contributed by atoms with E-state index in [1.807, 2.05) is 0 Å². The number of esters is 1. The molecule has 0 aromatic heterocycles. The minimum Gasteiger partial charge on any atom is -0.480 e. The van der Waals surface area contributed by atoms with Gasteiger partial charge in [-0.25, -0.2) is 9.65 Å². The second kappa shape index (κ2) is 9.55. The molecular formula is C18H33N2O8P. The van der Waals surface area contributed by atoms with Gasteiger partial charge >= 0.3 is 19.7 Å². The third-order valence-electron chi connectivity index (χ3n) is 4.08. The molecule has 0 aliphatic carbocycles. The Balaban J connectivity index is 2.77. The predicted octanol–water partition coefficient (Wildman–Crippen LogP) is 2.08. The number of rotatable bonds is 8. The molecule has 168 valence electrons. The summed E-state index contributed by atoms with van der Waals surface area (Å²) >= 11 is 0. The van der Waals surface area contributed by atoms with E-state index in [9.17, 15) is 24.1 Å². The molecule has 3 atom stereocenters. The van der Waals surface area contributed by atoms with E-state index in [1.54, 1.807) is 48.5 Å². The van der Waals surface area contributed by atoms with Crippen molar-refractivity contribution in [2.45, 2.75) is 72.6 Å². The minimum atomic E-state index is -4.03. The SMILES string of the molecule is CC(C)[C@H](NP1(=O)OCC(C)(C)[C@H](C(=O)NCCC(=O)OC(C)(C)C)O1)C(=O)O. The number of amides is 1. The van der Waals surface area contributed by atoms with Gasteiger partial charge in [0.05, 0.1) is 13.0 Å². The van der Waals surface area contributed by atoms with Crippen LogP contribution in [0.15, 0.2) is 0 Å². The van der Waals surface area contributed by atoms with Gasteiger partial charge in [0.15, 0.2) is 6.10 Å². The normalized spacial score (nSPS) is 25.3. The number of carbonyl (C=O) groups excluding carboxylic acids is 2. The van der Waals surface area contributed by atoms with E-state index in [-0.39, 0.29) is 25.5 Å². The first-order chi connectivity index (χ1) is 13.1. The maximum absolute atomic E-state index is 12.9. The van der Waals surface area contributed by atoms with E-state index >= 15 is 0 Å². The Morgan fingerprint density at radius 2 is 1.86 bits per heavy atom. The molecule has 11 heteroatoms. The zero-order valence-electron chi connectivity index (χ0n) is 18.1. The highest BCUT2D eigenvalue weighted by Gasteiger charge is 2.49. The highest BCUT2D eigenvalue weighted by molar-refractivity contribution is 7.51. The average molecular weight is 436 g/mol. The number of hydrogen-bond acceptors (Lipinski definition) is 7. The van der Waals surface area contributed by atoms with E-state index in [0.29, 0.717) is 0 Å². The second-order valence-electron chi connectivity index (χ2n) is 9.06. The summed E-state index contributed by atoms with van der Waals surface area (Å²) in [5.41, 5.74) is -1.44. The maximum atomic E-state index is 12.9. The Morgan fingerprint density at radius 3 is 2.34 bits per heavy atom. The molecule has 1 fully saturated rings. The largest absolute Gasteiger partial charge is 0.480 e. The lowest BCUT2D eigenvalue weighted by atomic mass is 9.87. The van der Waals surface area contributed by atoms with Gasteiger partial charge in [0.1, 0.15) is 11.6 Å². The summed E-state index contributed by atoms with van der Waals surface area (Å²) in [7, 11) is -4.03. The number of carboxylic acid groups (broad SMARTS) is 1. The first kappa shape index (κ1) is 25.6. The predicted molar refractivity (Wildman–Crippen MR) is 105 cm³/mol. The van der Waals surface area contributed by atoms with Crippen molar-refractivity contribution in [3.05, 3.63) is 0 Å². The quantitative estimate of drug-likeness (QED) is 0.385. The van der Waals surface area contributed by atoms with Crippen molar-refractivity contribution in [2.24, 2.45) is 11.3 Å². The monoisotopic (exact) mass is 436 g/mol. The molecule has 0 aromatic rings. The smallest absolute Gasteiger partial charge is 0.407 e. The maximum Gasteiger partial charge on any atom is 0.407 e. The molecule has 1 rings (SSSR count). The Morgan fingerprint density at radius 1 is 1.28 bits per heavy atom. The van der Waals surface area contributed by atoms with E-state index < -0.39 is 48.8 Å². The first-order valence-electron chi connectivity index (χ1n) is 9.49. The van der Waals surface area contributed by atoms with Crippen molar-refractivity contribution in [1.29, 1.82) is 0 Å². The molecule has 0 aromatic carbocycles. The van der Waals surface area contributed by atoms with Gasteiger partial charge in [-0.05, 0) is 26.7 Å². The molecule has 1 amide bonds. The van der Waals surface area contributed by atoms with Gasteiger partial charge in [0.2, 0.25) is 5.91 Å². The number of ether oxygens (including phenoxy) is 1. The third kappa shape index (κ3) is 8.04. The van der Waals surface area contributed by atoms with Crippen molar-refractivity contribution in [3.63, 3.8) is 0 Å². The third-order valence-corrected chi connectivity index (χ3v) is 5.63. The van der Waals surface area contributed by atoms with Crippen LogP contribution in [0.5, 0.6) is 0 Å². The van der Waals surface area contributed by atoms with Crippen LogP contribution in [-0.4, -0.2) is 53.9 Å². The van der Waals surface area contributed by atoms with Crippen LogP contribution in [0.4, 0.5) is 0 Å². The van der Waals surface area contributed by atoms with Crippen molar-refractivity contribution in [3.8, 4) is 0 Å². The lowest BCUT2D eigenvalue weighted by Crippen LogP contribution is -2.52. The van der Waals surface area contributed by atoms with Crippen LogP contribution >= 0.6 is 7.75 Å². The zero-order chi connectivity index (χ0) is 22.6. The topological polar surface area (TPSA) is 140 Å². The van der Waals surface area contributed by atoms with Crippen LogP contribution in [0.3, 0.4) is 0 Å². The van der Waals surface area contributed by atoms with Crippen LogP contribution in [-0.2, 0) is 32.7 Å². The lowest BCUT2D eigenvalue weighted by molar-refractivity contribution is -0.154. The fraction of sp³-hybridized carbons (Fsp3) is 0.833. The molecule has 0 radical (unpaired) electrons. The molecule has 0 bridgehead atoms. The van der Waals surface area contributed by atoms with Gasteiger partial charge < -0.3 is 15.2 Å². The summed E-state index contributed by atoms with van der Waals surface area (Å²) in [6, 6.07) is -1.17. The molecule has 10 nitrogen and oxygen atoms in total. The fourth-order valence-electron chi connectivity index (χ4n) is 2.54. The number of hydrogen-bond donors (Lipinski definition) is 3. The molecule has 29 heavy (non-hydrogen) atoms. The van der Waals surface area contributed by atoms with E-state index in [1.165, 1.54) is 0 Å². The van der Waals surface area contributed by atoms with Crippen LogP contribution in [0.2, 0.25) is 0 Å². The summed E-state index contributed by atoms with van der Waals surface area (Å²) in [6.07, 6.45) is -1.19. The number of carbonyl (C=O) groups is 3. The van der Waals surface area contributed by atoms with E-state index in [2.05, 4.69) is 10.4 Å². The molecule has 1 unspecified atom stereocenters. The van der Waals surface area contributed by atoms with Crippen molar-refractivity contribution < 1.29 is 37.8 Å². The molecule has 1 heterocycles. The zero-order valence-corrected chi connectivity index (χ0v) is 19.0. The van der Waals surface area contributed by atoms with Crippen molar-refractivity contribution in [1.82, 2.24) is 10.4 Å². The summed E-state index contributed by atoms with van der Waals surface area (Å²) in [5, 5.41) is 14.3. The average Bonchev–Trinajstić information content (AvgIpc) is 2.53. The Hall–Kier alpha value is -1.48. The first-order valence-corrected chi connectivity index (χ1v) is 11.0. The summed E-state index contributed by atoms with van der Waals surface area (Å²) in [4.78, 5) is 35.8. The number of aliphatic carboxylic acids is 1. The second-order valence-corrected chi connectivity index (χ2v) is 10.8. The molecular weight excluding hydrogens is 403 g/mol. The standard InChI is InChI=1S/C18H33N2O8P/c1-11(2)13(16(23)24)20-29(25)26-10-18(6,7)14(28-29)15(22)19-9-8-12(21)27-17(3,4)5/h11,13-14H,8-10H2,1-7H3,(H,19,22)(H,20,25)(H,23,24)/t13-,14-,29?/m0/s1. The molecule has 1 aliphatic rings. The summed E-state index contributed by atoms with van der Waals surface area (Å²) in [5.74, 6) is -2.62. The van der Waals surface area contributed by atoms with Crippen LogP contribution in [0.25, 0.3) is 0 Å². The molecule has 1 saturated heterocycles. The van der Waals surface area contributed by atoms with Gasteiger partial charge in [-0.15, -0.1) is 0 Å². The van der Waals surface area contributed by atoms with Crippen molar-refractivity contribution >= 4 is 25.6 Å². The van der Waals surface area contributed by atoms with Gasteiger partial charge in [-0.2, -0.15) is 0 Å². The number of carboxylic acids is 1. The minimum absolute atomic E-state index is 0.0199. The van der Waals surface area contributed by atoms with E-state index in [4.69, 9.17) is 13.8 Å². The Kier molecular flexibility index (Phi) is 8.42. The van der Waals surface area contributed by atoms with E-state index in [0.717, 1.165) is 0 Å². The van der Waals surface area contributed by atoms with Crippen molar-refractivity contribution in [2.75, 3.05) is 13.2 Å². The summed E-state index contributed by atoms with van der Waals surface area (Å²) < 4.78 is 28.8. The Bertz CT molecular complexity index is 671. The molecule has 1 aliphatic heterocycles. The van der Waals surface area contributed by atoms with Gasteiger partial charge in [-0.3, -0.25) is 23.4 Å². The highest BCUT2D eigenvalue weighted by Crippen LogP contribution is 2.53. The summed E-state index contributed by atoms with van der Waals surface area (Å²) in [6.45, 7) is 11.9. The van der Waals surface area contributed by atoms with Crippen LogP contribution < -0.4 is 10.4 Å². The molecule has 3 N–H and O–H groups in total. The Labute approximate surface area is 171 Å². The van der Waals surface area contributed by atoms with Gasteiger partial charge in [0.25, 0.3) is 0 Å². The molecule has 0 spiro atoms.